The summed E-state index contributed by atoms with van der Waals surface area (Å²) in [4.78, 5) is 23.2. The maximum Gasteiger partial charge on any atom is 0.338 e. The summed E-state index contributed by atoms with van der Waals surface area (Å²) in [6.45, 7) is 3.46. The van der Waals surface area contributed by atoms with Crippen molar-refractivity contribution in [1.82, 2.24) is 4.72 Å². The lowest BCUT2D eigenvalue weighted by Crippen LogP contribution is -2.30. The van der Waals surface area contributed by atoms with Crippen LogP contribution >= 0.6 is 0 Å². The lowest BCUT2D eigenvalue weighted by Gasteiger charge is -2.10. The topological polar surface area (TPSA) is 116 Å². The predicted octanol–water partition coefficient (Wildman–Crippen LogP) is 1.83. The highest BCUT2D eigenvalue weighted by molar-refractivity contribution is 7.89. The van der Waals surface area contributed by atoms with Crippen LogP contribution < -0.4 is 10.5 Å². The fraction of sp³-hybridized carbons (Fsp3) is 0.222. The van der Waals surface area contributed by atoms with E-state index in [1.807, 2.05) is 0 Å². The third kappa shape index (κ3) is 5.14. The van der Waals surface area contributed by atoms with Gasteiger partial charge in [0.2, 0.25) is 15.9 Å². The summed E-state index contributed by atoms with van der Waals surface area (Å²) in [5.41, 5.74) is 6.46. The number of amides is 1. The minimum Gasteiger partial charge on any atom is -0.457 e. The Hall–Kier alpha value is -2.71. The van der Waals surface area contributed by atoms with Crippen molar-refractivity contribution in [2.75, 3.05) is 0 Å². The maximum absolute atomic E-state index is 12.1. The molecule has 0 saturated carbocycles. The number of benzene rings is 2. The summed E-state index contributed by atoms with van der Waals surface area (Å²) < 4.78 is 31.8. The lowest BCUT2D eigenvalue weighted by atomic mass is 10.1. The van der Waals surface area contributed by atoms with Crippen molar-refractivity contribution in [3.05, 3.63) is 65.2 Å². The van der Waals surface area contributed by atoms with Crippen LogP contribution in [-0.2, 0) is 21.4 Å². The fourth-order valence-corrected chi connectivity index (χ4v) is 3.40. The van der Waals surface area contributed by atoms with E-state index >= 15 is 0 Å². The molecule has 0 heterocycles. The van der Waals surface area contributed by atoms with E-state index < -0.39 is 21.9 Å². The minimum atomic E-state index is -3.61. The lowest BCUT2D eigenvalue weighted by molar-refractivity contribution is 0.0472. The molecule has 138 valence electrons. The summed E-state index contributed by atoms with van der Waals surface area (Å²) in [7, 11) is -3.61. The smallest absolute Gasteiger partial charge is 0.338 e. The van der Waals surface area contributed by atoms with Crippen LogP contribution in [0.1, 0.15) is 40.1 Å². The van der Waals surface area contributed by atoms with Crippen LogP contribution in [-0.4, -0.2) is 26.3 Å². The van der Waals surface area contributed by atoms with E-state index in [-0.39, 0.29) is 23.1 Å². The second kappa shape index (κ2) is 8.11. The Bertz CT molecular complexity index is 888. The standard InChI is InChI=1S/C18H20N2O5S/c1-12(2)20-26(23,24)16-9-7-15(8-10-16)18(22)25-11-13-3-5-14(6-4-13)17(19)21/h3-10,12,20H,11H2,1-2H3,(H2,19,21). The molecule has 2 aromatic carbocycles. The van der Waals surface area contributed by atoms with Crippen molar-refractivity contribution in [1.29, 1.82) is 0 Å². The molecule has 2 aromatic rings. The van der Waals surface area contributed by atoms with E-state index in [0.717, 1.165) is 0 Å². The second-order valence-corrected chi connectivity index (χ2v) is 7.65. The first-order valence-corrected chi connectivity index (χ1v) is 9.35. The van der Waals surface area contributed by atoms with Gasteiger partial charge in [-0.2, -0.15) is 0 Å². The number of nitrogens with one attached hydrogen (secondary N) is 1. The Labute approximate surface area is 152 Å². The van der Waals surface area contributed by atoms with E-state index in [1.54, 1.807) is 38.1 Å². The normalized spacial score (nSPS) is 11.3. The highest BCUT2D eigenvalue weighted by Crippen LogP contribution is 2.13. The van der Waals surface area contributed by atoms with Gasteiger partial charge in [0.25, 0.3) is 0 Å². The molecule has 3 N–H and O–H groups in total. The van der Waals surface area contributed by atoms with Crippen LogP contribution in [0.25, 0.3) is 0 Å². The van der Waals surface area contributed by atoms with E-state index in [4.69, 9.17) is 10.5 Å². The van der Waals surface area contributed by atoms with Gasteiger partial charge < -0.3 is 10.5 Å². The highest BCUT2D eigenvalue weighted by Gasteiger charge is 2.16. The summed E-state index contributed by atoms with van der Waals surface area (Å²) in [5.74, 6) is -1.11. The first-order valence-electron chi connectivity index (χ1n) is 7.87. The molecule has 0 aliphatic heterocycles. The molecule has 0 aliphatic carbocycles. The molecular weight excluding hydrogens is 356 g/mol. The molecule has 0 spiro atoms. The first kappa shape index (κ1) is 19.6. The number of rotatable bonds is 7. The van der Waals surface area contributed by atoms with Gasteiger partial charge in [-0.3, -0.25) is 4.79 Å². The zero-order chi connectivity index (χ0) is 19.3. The number of esters is 1. The van der Waals surface area contributed by atoms with E-state index in [9.17, 15) is 18.0 Å². The van der Waals surface area contributed by atoms with Crippen LogP contribution in [0.5, 0.6) is 0 Å². The monoisotopic (exact) mass is 376 g/mol. The van der Waals surface area contributed by atoms with Crippen LogP contribution in [0.2, 0.25) is 0 Å². The third-order valence-electron chi connectivity index (χ3n) is 3.40. The molecule has 0 atom stereocenters. The van der Waals surface area contributed by atoms with E-state index in [0.29, 0.717) is 11.1 Å². The van der Waals surface area contributed by atoms with Gasteiger partial charge >= 0.3 is 5.97 Å². The molecular formula is C18H20N2O5S. The van der Waals surface area contributed by atoms with Gasteiger partial charge in [-0.25, -0.2) is 17.9 Å². The minimum absolute atomic E-state index is 0.0207. The zero-order valence-electron chi connectivity index (χ0n) is 14.4. The molecule has 8 heteroatoms. The molecule has 0 aliphatic rings. The average molecular weight is 376 g/mol. The number of sulfonamides is 1. The maximum atomic E-state index is 12.1. The quantitative estimate of drug-likeness (QED) is 0.715. The van der Waals surface area contributed by atoms with Gasteiger partial charge in [0.15, 0.2) is 0 Å². The third-order valence-corrected chi connectivity index (χ3v) is 5.07. The van der Waals surface area contributed by atoms with Crippen molar-refractivity contribution < 1.29 is 22.7 Å². The van der Waals surface area contributed by atoms with Gasteiger partial charge in [-0.15, -0.1) is 0 Å². The molecule has 1 amide bonds. The van der Waals surface area contributed by atoms with Crippen molar-refractivity contribution in [2.45, 2.75) is 31.4 Å². The second-order valence-electron chi connectivity index (χ2n) is 5.94. The number of hydrogen-bond acceptors (Lipinski definition) is 5. The molecule has 0 fully saturated rings. The van der Waals surface area contributed by atoms with Gasteiger partial charge in [0.05, 0.1) is 10.5 Å². The highest BCUT2D eigenvalue weighted by atomic mass is 32.2. The molecule has 7 nitrogen and oxygen atoms in total. The molecule has 0 aromatic heterocycles. The molecule has 0 unspecified atom stereocenters. The Morgan fingerprint density at radius 2 is 1.54 bits per heavy atom. The van der Waals surface area contributed by atoms with Crippen molar-refractivity contribution in [3.8, 4) is 0 Å². The average Bonchev–Trinajstić information content (AvgIpc) is 2.59. The van der Waals surface area contributed by atoms with Crippen LogP contribution in [0, 0.1) is 0 Å². The number of nitrogens with two attached hydrogens (primary N) is 1. The predicted molar refractivity (Wildman–Crippen MR) is 96.0 cm³/mol. The molecule has 0 bridgehead atoms. The summed E-state index contributed by atoms with van der Waals surface area (Å²) in [6.07, 6.45) is 0. The molecule has 2 rings (SSSR count). The Morgan fingerprint density at radius 1 is 1.00 bits per heavy atom. The van der Waals surface area contributed by atoms with Crippen molar-refractivity contribution in [2.24, 2.45) is 5.73 Å². The number of carbonyl (C=O) groups is 2. The SMILES string of the molecule is CC(C)NS(=O)(=O)c1ccc(C(=O)OCc2ccc(C(N)=O)cc2)cc1. The van der Waals surface area contributed by atoms with E-state index in [2.05, 4.69) is 4.72 Å². The van der Waals surface area contributed by atoms with Gasteiger partial charge in [0, 0.05) is 11.6 Å². The Morgan fingerprint density at radius 3 is 2.04 bits per heavy atom. The molecule has 26 heavy (non-hydrogen) atoms. The van der Waals surface area contributed by atoms with E-state index in [1.165, 1.54) is 24.3 Å². The number of primary amides is 1. The van der Waals surface area contributed by atoms with Gasteiger partial charge in [-0.1, -0.05) is 12.1 Å². The van der Waals surface area contributed by atoms with Crippen LogP contribution in [0.4, 0.5) is 0 Å². The van der Waals surface area contributed by atoms with Crippen molar-refractivity contribution >= 4 is 21.9 Å². The fourth-order valence-electron chi connectivity index (χ4n) is 2.15. The largest absolute Gasteiger partial charge is 0.457 e. The number of carbonyl (C=O) groups excluding carboxylic acids is 2. The Balaban J connectivity index is 2.00. The number of ether oxygens (including phenoxy) is 1. The summed E-state index contributed by atoms with van der Waals surface area (Å²) >= 11 is 0. The summed E-state index contributed by atoms with van der Waals surface area (Å²) in [6, 6.07) is 11.6. The zero-order valence-corrected chi connectivity index (χ0v) is 15.2. The van der Waals surface area contributed by atoms with Crippen LogP contribution in [0.15, 0.2) is 53.4 Å². The van der Waals surface area contributed by atoms with Gasteiger partial charge in [-0.05, 0) is 55.8 Å². The van der Waals surface area contributed by atoms with Crippen LogP contribution in [0.3, 0.4) is 0 Å². The first-order chi connectivity index (χ1) is 12.2. The molecule has 0 radical (unpaired) electrons. The Kier molecular flexibility index (Phi) is 6.12. The van der Waals surface area contributed by atoms with Crippen molar-refractivity contribution in [3.63, 3.8) is 0 Å². The molecule has 0 saturated heterocycles. The number of hydrogen-bond donors (Lipinski definition) is 2. The summed E-state index contributed by atoms with van der Waals surface area (Å²) in [5, 5.41) is 0. The van der Waals surface area contributed by atoms with Gasteiger partial charge in [0.1, 0.15) is 6.61 Å².